The van der Waals surface area contributed by atoms with E-state index in [1.54, 1.807) is 0 Å². The number of rotatable bonds is 2. The molecular formula is C13H13ClN2. The molecule has 0 spiro atoms. The van der Waals surface area contributed by atoms with Crippen molar-refractivity contribution in [2.75, 3.05) is 11.1 Å². The Bertz CT molecular complexity index is 509. The van der Waals surface area contributed by atoms with Gasteiger partial charge in [0.1, 0.15) is 0 Å². The molecule has 16 heavy (non-hydrogen) atoms. The number of hydrogen-bond acceptors (Lipinski definition) is 2. The number of nitrogens with one attached hydrogen (secondary N) is 1. The molecule has 0 amide bonds. The number of aryl methyl sites for hydroxylation is 1. The van der Waals surface area contributed by atoms with Crippen LogP contribution in [0.3, 0.4) is 0 Å². The third-order valence-corrected chi connectivity index (χ3v) is 2.60. The highest BCUT2D eigenvalue weighted by molar-refractivity contribution is 6.30. The van der Waals surface area contributed by atoms with E-state index < -0.39 is 0 Å². The van der Waals surface area contributed by atoms with E-state index in [1.165, 1.54) is 0 Å². The Labute approximate surface area is 100 Å². The minimum atomic E-state index is 0.714. The van der Waals surface area contributed by atoms with Gasteiger partial charge in [-0.15, -0.1) is 0 Å². The van der Waals surface area contributed by atoms with Crippen molar-refractivity contribution in [3.05, 3.63) is 53.1 Å². The summed E-state index contributed by atoms with van der Waals surface area (Å²) in [5, 5.41) is 4.00. The van der Waals surface area contributed by atoms with Crippen LogP contribution in [-0.4, -0.2) is 0 Å². The first-order valence-electron chi connectivity index (χ1n) is 5.04. The van der Waals surface area contributed by atoms with Crippen LogP contribution < -0.4 is 11.1 Å². The van der Waals surface area contributed by atoms with Crippen LogP contribution in [0, 0.1) is 6.92 Å². The van der Waals surface area contributed by atoms with Crippen molar-refractivity contribution in [3.63, 3.8) is 0 Å². The number of nitrogen functional groups attached to an aromatic ring is 1. The summed E-state index contributed by atoms with van der Waals surface area (Å²) in [5.74, 6) is 0. The normalized spacial score (nSPS) is 10.1. The quantitative estimate of drug-likeness (QED) is 0.769. The summed E-state index contributed by atoms with van der Waals surface area (Å²) in [6.07, 6.45) is 0. The first kappa shape index (κ1) is 10.8. The lowest BCUT2D eigenvalue weighted by molar-refractivity contribution is 1.43. The smallest absolute Gasteiger partial charge is 0.0434 e. The summed E-state index contributed by atoms with van der Waals surface area (Å²) >= 11 is 5.92. The molecule has 0 heterocycles. The van der Waals surface area contributed by atoms with Crippen LogP contribution in [-0.2, 0) is 0 Å². The van der Waals surface area contributed by atoms with E-state index in [4.69, 9.17) is 17.3 Å². The maximum Gasteiger partial charge on any atom is 0.0434 e. The summed E-state index contributed by atoms with van der Waals surface area (Å²) in [4.78, 5) is 0. The minimum Gasteiger partial charge on any atom is -0.399 e. The average Bonchev–Trinajstić information content (AvgIpc) is 2.24. The second-order valence-electron chi connectivity index (χ2n) is 3.71. The molecule has 0 unspecified atom stereocenters. The molecule has 0 aromatic heterocycles. The summed E-state index contributed by atoms with van der Waals surface area (Å²) in [7, 11) is 0. The standard InChI is InChI=1S/C13H13ClN2/c1-9-5-6-11(15)8-13(9)16-12-4-2-3-10(14)7-12/h2-8,16H,15H2,1H3. The fourth-order valence-electron chi connectivity index (χ4n) is 1.50. The first-order chi connectivity index (χ1) is 7.65. The molecule has 2 aromatic carbocycles. The molecule has 0 atom stereocenters. The number of hydrogen-bond donors (Lipinski definition) is 2. The van der Waals surface area contributed by atoms with Crippen LogP contribution >= 0.6 is 11.6 Å². The van der Waals surface area contributed by atoms with Crippen LogP contribution in [0.1, 0.15) is 5.56 Å². The molecule has 3 N–H and O–H groups in total. The maximum absolute atomic E-state index is 5.92. The Morgan fingerprint density at radius 1 is 1.12 bits per heavy atom. The monoisotopic (exact) mass is 232 g/mol. The summed E-state index contributed by atoms with van der Waals surface area (Å²) in [6, 6.07) is 13.4. The third kappa shape index (κ3) is 2.47. The van der Waals surface area contributed by atoms with Gasteiger partial charge < -0.3 is 11.1 Å². The Balaban J connectivity index is 2.30. The zero-order valence-corrected chi connectivity index (χ0v) is 9.75. The van der Waals surface area contributed by atoms with Gasteiger partial charge in [-0.3, -0.25) is 0 Å². The molecule has 82 valence electrons. The molecule has 0 aliphatic rings. The number of anilines is 3. The topological polar surface area (TPSA) is 38.0 Å². The van der Waals surface area contributed by atoms with Gasteiger partial charge in [-0.25, -0.2) is 0 Å². The lowest BCUT2D eigenvalue weighted by Gasteiger charge is -2.10. The summed E-state index contributed by atoms with van der Waals surface area (Å²) < 4.78 is 0. The van der Waals surface area contributed by atoms with E-state index in [-0.39, 0.29) is 0 Å². The van der Waals surface area contributed by atoms with E-state index in [1.807, 2.05) is 49.4 Å². The van der Waals surface area contributed by atoms with Crippen LogP contribution in [0.15, 0.2) is 42.5 Å². The van der Waals surface area contributed by atoms with Crippen molar-refractivity contribution in [1.82, 2.24) is 0 Å². The highest BCUT2D eigenvalue weighted by Gasteiger charge is 2.00. The highest BCUT2D eigenvalue weighted by Crippen LogP contribution is 2.24. The summed E-state index contributed by atoms with van der Waals surface area (Å²) in [6.45, 7) is 2.03. The number of nitrogens with two attached hydrogens (primary N) is 1. The molecule has 0 radical (unpaired) electrons. The third-order valence-electron chi connectivity index (χ3n) is 2.37. The molecule has 2 aromatic rings. The van der Waals surface area contributed by atoms with Crippen molar-refractivity contribution in [2.24, 2.45) is 0 Å². The average molecular weight is 233 g/mol. The molecule has 2 nitrogen and oxygen atoms in total. The second kappa shape index (κ2) is 4.45. The van der Waals surface area contributed by atoms with Gasteiger partial charge in [0.05, 0.1) is 0 Å². The Morgan fingerprint density at radius 3 is 2.69 bits per heavy atom. The zero-order chi connectivity index (χ0) is 11.5. The van der Waals surface area contributed by atoms with Gasteiger partial charge in [0, 0.05) is 22.1 Å². The second-order valence-corrected chi connectivity index (χ2v) is 4.15. The van der Waals surface area contributed by atoms with Crippen LogP contribution in [0.2, 0.25) is 5.02 Å². The largest absolute Gasteiger partial charge is 0.399 e. The fourth-order valence-corrected chi connectivity index (χ4v) is 1.69. The number of halogens is 1. The molecular weight excluding hydrogens is 220 g/mol. The van der Waals surface area contributed by atoms with Crippen LogP contribution in [0.4, 0.5) is 17.1 Å². The molecule has 0 fully saturated rings. The molecule has 0 saturated heterocycles. The SMILES string of the molecule is Cc1ccc(N)cc1Nc1cccc(Cl)c1. The van der Waals surface area contributed by atoms with Gasteiger partial charge in [0.25, 0.3) is 0 Å². The predicted molar refractivity (Wildman–Crippen MR) is 70.3 cm³/mol. The lowest BCUT2D eigenvalue weighted by atomic mass is 10.1. The minimum absolute atomic E-state index is 0.714. The van der Waals surface area contributed by atoms with Crippen molar-refractivity contribution in [3.8, 4) is 0 Å². The summed E-state index contributed by atoms with van der Waals surface area (Å²) in [5.41, 5.74) is 9.60. The van der Waals surface area contributed by atoms with Crippen molar-refractivity contribution in [1.29, 1.82) is 0 Å². The van der Waals surface area contributed by atoms with Crippen LogP contribution in [0.5, 0.6) is 0 Å². The molecule has 0 aliphatic heterocycles. The van der Waals surface area contributed by atoms with Gasteiger partial charge in [-0.2, -0.15) is 0 Å². The van der Waals surface area contributed by atoms with Crippen LogP contribution in [0.25, 0.3) is 0 Å². The van der Waals surface area contributed by atoms with E-state index in [2.05, 4.69) is 5.32 Å². The van der Waals surface area contributed by atoms with Gasteiger partial charge in [-0.05, 0) is 42.8 Å². The van der Waals surface area contributed by atoms with Gasteiger partial charge >= 0.3 is 0 Å². The molecule has 0 bridgehead atoms. The molecule has 0 saturated carbocycles. The van der Waals surface area contributed by atoms with Gasteiger partial charge in [-0.1, -0.05) is 23.7 Å². The van der Waals surface area contributed by atoms with Crippen molar-refractivity contribution >= 4 is 28.7 Å². The van der Waals surface area contributed by atoms with Crippen molar-refractivity contribution < 1.29 is 0 Å². The van der Waals surface area contributed by atoms with E-state index in [0.717, 1.165) is 22.6 Å². The molecule has 3 heteroatoms. The van der Waals surface area contributed by atoms with E-state index >= 15 is 0 Å². The molecule has 0 aliphatic carbocycles. The van der Waals surface area contributed by atoms with Crippen molar-refractivity contribution in [2.45, 2.75) is 6.92 Å². The van der Waals surface area contributed by atoms with Gasteiger partial charge in [0.2, 0.25) is 0 Å². The Kier molecular flexibility index (Phi) is 3.02. The predicted octanol–water partition coefficient (Wildman–Crippen LogP) is 3.97. The first-order valence-corrected chi connectivity index (χ1v) is 5.42. The Hall–Kier alpha value is -1.67. The van der Waals surface area contributed by atoms with Gasteiger partial charge in [0.15, 0.2) is 0 Å². The van der Waals surface area contributed by atoms with E-state index in [9.17, 15) is 0 Å². The number of benzene rings is 2. The molecule has 2 rings (SSSR count). The highest BCUT2D eigenvalue weighted by atomic mass is 35.5. The lowest BCUT2D eigenvalue weighted by Crippen LogP contribution is -1.94. The maximum atomic E-state index is 5.92. The Morgan fingerprint density at radius 2 is 1.94 bits per heavy atom. The fraction of sp³-hybridized carbons (Fsp3) is 0.0769. The van der Waals surface area contributed by atoms with E-state index in [0.29, 0.717) is 5.02 Å². The zero-order valence-electron chi connectivity index (χ0n) is 9.00.